The number of nitrogens with one attached hydrogen (secondary N) is 1. The normalized spacial score (nSPS) is 22.3. The Morgan fingerprint density at radius 3 is 3.38 bits per heavy atom. The molecule has 72 valence electrons. The van der Waals surface area contributed by atoms with Gasteiger partial charge < -0.3 is 10.1 Å². The number of thiazole rings is 1. The van der Waals surface area contributed by atoms with Gasteiger partial charge in [0.05, 0.1) is 6.10 Å². The van der Waals surface area contributed by atoms with E-state index in [1.807, 2.05) is 11.6 Å². The number of rotatable bonds is 4. The van der Waals surface area contributed by atoms with E-state index in [9.17, 15) is 0 Å². The fourth-order valence-corrected chi connectivity index (χ4v) is 2.07. The molecule has 3 nitrogen and oxygen atoms in total. The predicted molar refractivity (Wildman–Crippen MR) is 52.8 cm³/mol. The Hall–Kier alpha value is -0.450. The van der Waals surface area contributed by atoms with Crippen LogP contribution in [0.2, 0.25) is 0 Å². The molecule has 1 atom stereocenters. The van der Waals surface area contributed by atoms with E-state index in [1.54, 1.807) is 11.3 Å². The molecule has 1 aromatic heterocycles. The molecule has 0 bridgehead atoms. The van der Waals surface area contributed by atoms with Crippen molar-refractivity contribution < 1.29 is 4.74 Å². The van der Waals surface area contributed by atoms with Gasteiger partial charge in [0, 0.05) is 31.3 Å². The summed E-state index contributed by atoms with van der Waals surface area (Å²) >= 11 is 1.69. The lowest BCUT2D eigenvalue weighted by molar-refractivity contribution is 0.110. The van der Waals surface area contributed by atoms with E-state index in [0.717, 1.165) is 24.7 Å². The fraction of sp³-hybridized carbons (Fsp3) is 0.667. The molecule has 0 radical (unpaired) electrons. The van der Waals surface area contributed by atoms with Crippen LogP contribution in [-0.2, 0) is 11.3 Å². The van der Waals surface area contributed by atoms with Gasteiger partial charge in [-0.25, -0.2) is 4.98 Å². The standard InChI is InChI=1S/C9H14N2OS/c1-2-8(12-4-1)6-10-7-9-11-3-5-13-9/h3,5,8,10H,1-2,4,6-7H2. The molecule has 2 heterocycles. The second-order valence-electron chi connectivity index (χ2n) is 3.19. The third-order valence-corrected chi connectivity index (χ3v) is 2.94. The van der Waals surface area contributed by atoms with Gasteiger partial charge in [-0.3, -0.25) is 0 Å². The third kappa shape index (κ3) is 2.76. The fourth-order valence-electron chi connectivity index (χ4n) is 1.49. The van der Waals surface area contributed by atoms with Crippen molar-refractivity contribution in [2.45, 2.75) is 25.5 Å². The smallest absolute Gasteiger partial charge is 0.106 e. The van der Waals surface area contributed by atoms with Crippen LogP contribution in [0.3, 0.4) is 0 Å². The first kappa shape index (κ1) is 9.12. The van der Waals surface area contributed by atoms with Gasteiger partial charge in [0.2, 0.25) is 0 Å². The van der Waals surface area contributed by atoms with Gasteiger partial charge in [0.25, 0.3) is 0 Å². The summed E-state index contributed by atoms with van der Waals surface area (Å²) in [6.45, 7) is 2.76. The highest BCUT2D eigenvalue weighted by Crippen LogP contribution is 2.11. The Balaban J connectivity index is 1.63. The summed E-state index contributed by atoms with van der Waals surface area (Å²) in [5.74, 6) is 0. The van der Waals surface area contributed by atoms with Crippen LogP contribution in [0.5, 0.6) is 0 Å². The van der Waals surface area contributed by atoms with Crippen LogP contribution in [0.1, 0.15) is 17.8 Å². The minimum absolute atomic E-state index is 0.431. The Morgan fingerprint density at radius 1 is 1.69 bits per heavy atom. The zero-order valence-corrected chi connectivity index (χ0v) is 8.35. The number of hydrogen-bond donors (Lipinski definition) is 1. The molecular formula is C9H14N2OS. The van der Waals surface area contributed by atoms with Crippen LogP contribution in [0.25, 0.3) is 0 Å². The van der Waals surface area contributed by atoms with Crippen molar-refractivity contribution in [2.24, 2.45) is 0 Å². The summed E-state index contributed by atoms with van der Waals surface area (Å²) in [4.78, 5) is 4.20. The molecule has 1 N–H and O–H groups in total. The average molecular weight is 198 g/mol. The van der Waals surface area contributed by atoms with Crippen molar-refractivity contribution in [2.75, 3.05) is 13.2 Å². The van der Waals surface area contributed by atoms with Crippen LogP contribution < -0.4 is 5.32 Å². The number of aromatic nitrogens is 1. The highest BCUT2D eigenvalue weighted by molar-refractivity contribution is 7.09. The van der Waals surface area contributed by atoms with Crippen molar-refractivity contribution in [1.82, 2.24) is 10.3 Å². The highest BCUT2D eigenvalue weighted by Gasteiger charge is 2.14. The molecule has 1 fully saturated rings. The zero-order valence-electron chi connectivity index (χ0n) is 7.53. The maximum Gasteiger partial charge on any atom is 0.106 e. The molecule has 4 heteroatoms. The molecule has 0 spiro atoms. The maximum atomic E-state index is 5.49. The van der Waals surface area contributed by atoms with Crippen LogP contribution in [0.4, 0.5) is 0 Å². The largest absolute Gasteiger partial charge is 0.377 e. The zero-order chi connectivity index (χ0) is 8.93. The Labute approximate surface area is 82.1 Å². The first-order valence-electron chi connectivity index (χ1n) is 4.66. The Morgan fingerprint density at radius 2 is 2.69 bits per heavy atom. The lowest BCUT2D eigenvalue weighted by Crippen LogP contribution is -2.25. The quantitative estimate of drug-likeness (QED) is 0.794. The van der Waals surface area contributed by atoms with E-state index < -0.39 is 0 Å². The van der Waals surface area contributed by atoms with Crippen LogP contribution >= 0.6 is 11.3 Å². The summed E-state index contributed by atoms with van der Waals surface area (Å²) in [7, 11) is 0. The summed E-state index contributed by atoms with van der Waals surface area (Å²) in [6, 6.07) is 0. The van der Waals surface area contributed by atoms with Crippen LogP contribution in [0, 0.1) is 0 Å². The summed E-state index contributed by atoms with van der Waals surface area (Å²) in [5, 5.41) is 6.51. The molecular weight excluding hydrogens is 184 g/mol. The van der Waals surface area contributed by atoms with Gasteiger partial charge in [-0.1, -0.05) is 0 Å². The van der Waals surface area contributed by atoms with E-state index in [-0.39, 0.29) is 0 Å². The highest BCUT2D eigenvalue weighted by atomic mass is 32.1. The molecule has 1 aromatic rings. The molecule has 1 saturated heterocycles. The monoisotopic (exact) mass is 198 g/mol. The van der Waals surface area contributed by atoms with Crippen LogP contribution in [0.15, 0.2) is 11.6 Å². The van der Waals surface area contributed by atoms with Crippen molar-refractivity contribution in [3.8, 4) is 0 Å². The second-order valence-corrected chi connectivity index (χ2v) is 4.17. The Bertz CT molecular complexity index is 232. The number of hydrogen-bond acceptors (Lipinski definition) is 4. The van der Waals surface area contributed by atoms with E-state index in [2.05, 4.69) is 10.3 Å². The van der Waals surface area contributed by atoms with E-state index in [0.29, 0.717) is 6.10 Å². The number of nitrogens with zero attached hydrogens (tertiary/aromatic N) is 1. The molecule has 13 heavy (non-hydrogen) atoms. The second kappa shape index (κ2) is 4.69. The summed E-state index contributed by atoms with van der Waals surface area (Å²) in [5.41, 5.74) is 0. The van der Waals surface area contributed by atoms with Gasteiger partial charge in [-0.15, -0.1) is 11.3 Å². The van der Waals surface area contributed by atoms with Gasteiger partial charge in [-0.05, 0) is 12.8 Å². The lowest BCUT2D eigenvalue weighted by atomic mass is 10.2. The molecule has 0 saturated carbocycles. The molecule has 1 unspecified atom stereocenters. The SMILES string of the molecule is c1csc(CNCC2CCCO2)n1. The molecule has 1 aliphatic heterocycles. The first-order chi connectivity index (χ1) is 6.45. The first-order valence-corrected chi connectivity index (χ1v) is 5.54. The Kier molecular flexibility index (Phi) is 3.29. The lowest BCUT2D eigenvalue weighted by Gasteiger charge is -2.08. The topological polar surface area (TPSA) is 34.1 Å². The molecule has 1 aliphatic rings. The molecule has 0 amide bonds. The molecule has 2 rings (SSSR count). The van der Waals surface area contributed by atoms with Crippen LogP contribution in [-0.4, -0.2) is 24.2 Å². The van der Waals surface area contributed by atoms with Crippen molar-refractivity contribution in [1.29, 1.82) is 0 Å². The van der Waals surface area contributed by atoms with Crippen molar-refractivity contribution in [3.63, 3.8) is 0 Å². The molecule has 0 aromatic carbocycles. The predicted octanol–water partition coefficient (Wildman–Crippen LogP) is 1.41. The van der Waals surface area contributed by atoms with E-state index in [4.69, 9.17) is 4.74 Å². The minimum atomic E-state index is 0.431. The van der Waals surface area contributed by atoms with E-state index in [1.165, 1.54) is 12.8 Å². The average Bonchev–Trinajstić information content (AvgIpc) is 2.75. The third-order valence-electron chi connectivity index (χ3n) is 2.16. The molecule has 0 aliphatic carbocycles. The van der Waals surface area contributed by atoms with Gasteiger partial charge in [0.15, 0.2) is 0 Å². The van der Waals surface area contributed by atoms with Gasteiger partial charge >= 0.3 is 0 Å². The number of ether oxygens (including phenoxy) is 1. The van der Waals surface area contributed by atoms with Crippen molar-refractivity contribution in [3.05, 3.63) is 16.6 Å². The summed E-state index contributed by atoms with van der Waals surface area (Å²) in [6.07, 6.45) is 4.68. The summed E-state index contributed by atoms with van der Waals surface area (Å²) < 4.78 is 5.49. The van der Waals surface area contributed by atoms with Crippen molar-refractivity contribution >= 4 is 11.3 Å². The van der Waals surface area contributed by atoms with E-state index >= 15 is 0 Å². The van der Waals surface area contributed by atoms with Gasteiger partial charge in [-0.2, -0.15) is 0 Å². The minimum Gasteiger partial charge on any atom is -0.377 e. The van der Waals surface area contributed by atoms with Gasteiger partial charge in [0.1, 0.15) is 5.01 Å². The maximum absolute atomic E-state index is 5.49.